The van der Waals surface area contributed by atoms with Crippen molar-refractivity contribution in [3.63, 3.8) is 0 Å². The molecule has 0 unspecified atom stereocenters. The lowest BCUT2D eigenvalue weighted by Crippen LogP contribution is -2.17. The van der Waals surface area contributed by atoms with Gasteiger partial charge in [-0.05, 0) is 12.1 Å². The number of aromatic hydroxyl groups is 1. The average Bonchev–Trinajstić information content (AvgIpc) is 2.83. The Labute approximate surface area is 133 Å². The molecule has 0 bridgehead atoms. The second kappa shape index (κ2) is 6.04. The number of rotatable bonds is 3. The quantitative estimate of drug-likeness (QED) is 0.829. The summed E-state index contributed by atoms with van der Waals surface area (Å²) in [6.07, 6.45) is -3.85. The molecule has 1 aromatic heterocycles. The highest BCUT2D eigenvalue weighted by Crippen LogP contribution is 2.33. The van der Waals surface area contributed by atoms with Crippen molar-refractivity contribution in [1.29, 1.82) is 5.26 Å². The summed E-state index contributed by atoms with van der Waals surface area (Å²) in [5.41, 5.74) is 4.78. The minimum absolute atomic E-state index is 0.114. The molecule has 0 saturated heterocycles. The summed E-state index contributed by atoms with van der Waals surface area (Å²) in [5, 5.41) is 18.9. The summed E-state index contributed by atoms with van der Waals surface area (Å²) in [6, 6.07) is 4.41. The zero-order valence-electron chi connectivity index (χ0n) is 12.1. The first kappa shape index (κ1) is 17.0. The van der Waals surface area contributed by atoms with Crippen LogP contribution >= 0.6 is 0 Å². The molecule has 3 N–H and O–H groups in total. The number of benzene rings is 1. The van der Waals surface area contributed by atoms with Gasteiger partial charge in [-0.15, -0.1) is 13.2 Å². The monoisotopic (exact) mass is 341 g/mol. The zero-order chi connectivity index (χ0) is 18.1. The van der Waals surface area contributed by atoms with Crippen LogP contribution in [0.25, 0.3) is 5.69 Å². The number of methoxy groups -OCH3 is 1. The molecule has 0 radical (unpaired) electrons. The maximum Gasteiger partial charge on any atom is 0.573 e. The van der Waals surface area contributed by atoms with Crippen molar-refractivity contribution >= 4 is 11.7 Å². The molecule has 0 spiro atoms. The van der Waals surface area contributed by atoms with Gasteiger partial charge in [-0.1, -0.05) is 0 Å². The number of carbonyl (C=O) groups is 1. The van der Waals surface area contributed by atoms with E-state index in [0.29, 0.717) is 0 Å². The first-order valence-electron chi connectivity index (χ1n) is 6.26. The van der Waals surface area contributed by atoms with Gasteiger partial charge in [-0.2, -0.15) is 5.26 Å². The van der Waals surface area contributed by atoms with Crippen molar-refractivity contribution in [1.82, 2.24) is 4.57 Å². The van der Waals surface area contributed by atoms with Crippen molar-refractivity contribution in [2.75, 3.05) is 12.8 Å². The highest BCUT2D eigenvalue weighted by atomic mass is 19.4. The van der Waals surface area contributed by atoms with Crippen LogP contribution in [0.1, 0.15) is 16.1 Å². The summed E-state index contributed by atoms with van der Waals surface area (Å²) >= 11 is 0. The number of esters is 1. The summed E-state index contributed by atoms with van der Waals surface area (Å²) < 4.78 is 46.3. The molecular formula is C14H10F3N3O4. The fraction of sp³-hybridized carbons (Fsp3) is 0.143. The van der Waals surface area contributed by atoms with E-state index in [4.69, 9.17) is 11.0 Å². The van der Waals surface area contributed by atoms with Gasteiger partial charge in [0.1, 0.15) is 17.6 Å². The Balaban J connectivity index is 2.66. The first-order chi connectivity index (χ1) is 11.2. The summed E-state index contributed by atoms with van der Waals surface area (Å²) in [6.45, 7) is 0. The number of carbonyl (C=O) groups excluding carboxylic acids is 1. The summed E-state index contributed by atoms with van der Waals surface area (Å²) in [7, 11) is 1.06. The van der Waals surface area contributed by atoms with E-state index in [2.05, 4.69) is 9.47 Å². The van der Waals surface area contributed by atoms with Gasteiger partial charge >= 0.3 is 12.3 Å². The van der Waals surface area contributed by atoms with Crippen LogP contribution in [-0.4, -0.2) is 29.1 Å². The third-order valence-electron chi connectivity index (χ3n) is 2.98. The van der Waals surface area contributed by atoms with Gasteiger partial charge in [0.2, 0.25) is 0 Å². The molecule has 2 rings (SSSR count). The molecule has 0 fully saturated rings. The molecule has 126 valence electrons. The molecule has 0 amide bonds. The number of phenols is 1. The molecule has 7 nitrogen and oxygen atoms in total. The van der Waals surface area contributed by atoms with Gasteiger partial charge in [0.15, 0.2) is 5.69 Å². The number of aromatic nitrogens is 1. The molecule has 0 aliphatic heterocycles. The number of alkyl halides is 3. The van der Waals surface area contributed by atoms with Crippen molar-refractivity contribution in [3.05, 3.63) is 35.7 Å². The molecular weight excluding hydrogens is 331 g/mol. The Bertz CT molecular complexity index is 837. The average molecular weight is 341 g/mol. The number of ether oxygens (including phenoxy) is 2. The number of phenolic OH excluding ortho intramolecular Hbond substituents is 1. The number of hydrogen-bond donors (Lipinski definition) is 2. The second-order valence-electron chi connectivity index (χ2n) is 4.48. The van der Waals surface area contributed by atoms with Gasteiger partial charge in [-0.3, -0.25) is 0 Å². The Kier molecular flexibility index (Phi) is 4.28. The Morgan fingerprint density at radius 3 is 2.62 bits per heavy atom. The van der Waals surface area contributed by atoms with Crippen LogP contribution < -0.4 is 10.5 Å². The lowest BCUT2D eigenvalue weighted by Gasteiger charge is -2.13. The van der Waals surface area contributed by atoms with Crippen LogP contribution in [0, 0.1) is 11.3 Å². The van der Waals surface area contributed by atoms with Crippen LogP contribution in [0.15, 0.2) is 24.4 Å². The predicted molar refractivity (Wildman–Crippen MR) is 74.6 cm³/mol. The van der Waals surface area contributed by atoms with Crippen LogP contribution in [-0.2, 0) is 4.74 Å². The van der Waals surface area contributed by atoms with Crippen molar-refractivity contribution in [2.45, 2.75) is 6.36 Å². The van der Waals surface area contributed by atoms with Gasteiger partial charge < -0.3 is 24.9 Å². The molecule has 10 heteroatoms. The van der Waals surface area contributed by atoms with E-state index < -0.39 is 23.8 Å². The molecule has 1 heterocycles. The van der Waals surface area contributed by atoms with Gasteiger partial charge in [0, 0.05) is 12.3 Å². The van der Waals surface area contributed by atoms with E-state index in [1.807, 2.05) is 0 Å². The SMILES string of the molecule is COC(=O)c1c(N)c(C#N)cn1-c1cc(OC(F)(F)F)ccc1O. The number of nitriles is 1. The van der Waals surface area contributed by atoms with Crippen LogP contribution in [0.5, 0.6) is 11.5 Å². The number of anilines is 1. The van der Waals surface area contributed by atoms with E-state index in [1.165, 1.54) is 0 Å². The highest BCUT2D eigenvalue weighted by Gasteiger charge is 2.31. The molecule has 0 saturated carbocycles. The molecule has 0 aliphatic carbocycles. The third-order valence-corrected chi connectivity index (χ3v) is 2.98. The maximum absolute atomic E-state index is 12.3. The molecule has 1 aromatic carbocycles. The van der Waals surface area contributed by atoms with Crippen LogP contribution in [0.2, 0.25) is 0 Å². The topological polar surface area (TPSA) is 110 Å². The number of nitrogens with zero attached hydrogens (tertiary/aromatic N) is 2. The van der Waals surface area contributed by atoms with E-state index in [0.717, 1.165) is 36.1 Å². The Morgan fingerprint density at radius 1 is 1.42 bits per heavy atom. The zero-order valence-corrected chi connectivity index (χ0v) is 12.1. The predicted octanol–water partition coefficient (Wildman–Crippen LogP) is 2.32. The van der Waals surface area contributed by atoms with Crippen molar-refractivity contribution in [3.8, 4) is 23.3 Å². The number of nitrogen functional groups attached to an aromatic ring is 1. The van der Waals surface area contributed by atoms with Gasteiger partial charge in [-0.25, -0.2) is 4.79 Å². The molecule has 24 heavy (non-hydrogen) atoms. The minimum atomic E-state index is -4.94. The van der Waals surface area contributed by atoms with Gasteiger partial charge in [0.25, 0.3) is 0 Å². The fourth-order valence-electron chi connectivity index (χ4n) is 2.00. The standard InChI is InChI=1S/C14H10F3N3O4/c1-23-13(22)12-11(19)7(5-18)6-20(12)9-4-8(2-3-10(9)21)24-14(15,16)17/h2-4,6,21H,19H2,1H3. The smallest absolute Gasteiger partial charge is 0.506 e. The van der Waals surface area contributed by atoms with Crippen LogP contribution in [0.4, 0.5) is 18.9 Å². The number of halogens is 3. The van der Waals surface area contributed by atoms with E-state index in [1.54, 1.807) is 6.07 Å². The van der Waals surface area contributed by atoms with Crippen molar-refractivity contribution in [2.24, 2.45) is 0 Å². The first-order valence-corrected chi connectivity index (χ1v) is 6.26. The Hall–Kier alpha value is -3.35. The number of hydrogen-bond acceptors (Lipinski definition) is 6. The number of nitrogens with two attached hydrogens (primary N) is 1. The Morgan fingerprint density at radius 2 is 2.08 bits per heavy atom. The molecule has 0 aliphatic rings. The van der Waals surface area contributed by atoms with E-state index in [-0.39, 0.29) is 22.6 Å². The lowest BCUT2D eigenvalue weighted by molar-refractivity contribution is -0.274. The normalized spacial score (nSPS) is 11.0. The van der Waals surface area contributed by atoms with Crippen LogP contribution in [0.3, 0.4) is 0 Å². The van der Waals surface area contributed by atoms with E-state index in [9.17, 15) is 23.1 Å². The van der Waals surface area contributed by atoms with E-state index >= 15 is 0 Å². The summed E-state index contributed by atoms with van der Waals surface area (Å²) in [5.74, 6) is -2.03. The van der Waals surface area contributed by atoms with Gasteiger partial charge in [0.05, 0.1) is 24.0 Å². The fourth-order valence-corrected chi connectivity index (χ4v) is 2.00. The second-order valence-corrected chi connectivity index (χ2v) is 4.48. The van der Waals surface area contributed by atoms with Crippen molar-refractivity contribution < 1.29 is 32.5 Å². The maximum atomic E-state index is 12.3. The highest BCUT2D eigenvalue weighted by molar-refractivity contribution is 5.96. The third kappa shape index (κ3) is 3.19. The summed E-state index contributed by atoms with van der Waals surface area (Å²) in [4.78, 5) is 11.9. The largest absolute Gasteiger partial charge is 0.573 e. The minimum Gasteiger partial charge on any atom is -0.506 e. The lowest BCUT2D eigenvalue weighted by atomic mass is 10.2. The molecule has 2 aromatic rings. The molecule has 0 atom stereocenters.